The molecule has 0 bridgehead atoms. The van der Waals surface area contributed by atoms with Crippen LogP contribution in [0.3, 0.4) is 0 Å². The highest BCUT2D eigenvalue weighted by molar-refractivity contribution is 6.00. The number of carbonyl (C=O) groups excluding carboxylic acids is 9. The molecule has 0 aromatic rings. The number of amides is 5. The first-order valence-corrected chi connectivity index (χ1v) is 12.9. The van der Waals surface area contributed by atoms with E-state index in [9.17, 15) is 43.2 Å². The highest BCUT2D eigenvalue weighted by atomic mass is 16.6. The number of fused-ring (bicyclic) bond motifs is 1. The van der Waals surface area contributed by atoms with Crippen molar-refractivity contribution in [3.05, 3.63) is 0 Å². The van der Waals surface area contributed by atoms with E-state index in [1.54, 1.807) is 20.8 Å². The van der Waals surface area contributed by atoms with Gasteiger partial charge in [0.15, 0.2) is 0 Å². The maximum absolute atomic E-state index is 13.3. The molecule has 0 saturated carbocycles. The zero-order valence-electron chi connectivity index (χ0n) is 22.6. The van der Waals surface area contributed by atoms with E-state index < -0.39 is 97.0 Å². The van der Waals surface area contributed by atoms with Gasteiger partial charge in [-0.25, -0.2) is 0 Å². The Morgan fingerprint density at radius 1 is 0.775 bits per heavy atom. The molecule has 2 fully saturated rings. The van der Waals surface area contributed by atoms with Crippen LogP contribution in [-0.2, 0) is 47.9 Å². The van der Waals surface area contributed by atoms with Crippen LogP contribution >= 0.6 is 0 Å². The first-order valence-electron chi connectivity index (χ1n) is 12.9. The molecule has 5 atom stereocenters. The first kappa shape index (κ1) is 32.0. The van der Waals surface area contributed by atoms with E-state index in [1.807, 2.05) is 0 Å². The number of rotatable bonds is 8. The minimum atomic E-state index is -1.63. The summed E-state index contributed by atoms with van der Waals surface area (Å²) in [7, 11) is 0. The Kier molecular flexibility index (Phi) is 11.4. The maximum Gasteiger partial charge on any atom is 0.308 e. The number of hydrogen-bond acceptors (Lipinski definition) is 10. The number of nitrogens with one attached hydrogen (secondary N) is 4. The van der Waals surface area contributed by atoms with Gasteiger partial charge in [0, 0.05) is 25.8 Å². The van der Waals surface area contributed by atoms with Crippen LogP contribution in [0, 0.1) is 0 Å². The lowest BCUT2D eigenvalue weighted by Gasteiger charge is -2.29. The molecule has 0 aliphatic carbocycles. The van der Waals surface area contributed by atoms with Gasteiger partial charge in [0.2, 0.25) is 29.5 Å². The summed E-state index contributed by atoms with van der Waals surface area (Å²) in [6.07, 6.45) is -0.414. The van der Waals surface area contributed by atoms with Gasteiger partial charge in [-0.15, -0.1) is 0 Å². The minimum absolute atomic E-state index is 0.124. The van der Waals surface area contributed by atoms with Gasteiger partial charge >= 0.3 is 5.97 Å². The van der Waals surface area contributed by atoms with Crippen LogP contribution < -0.4 is 21.3 Å². The number of aldehydes is 3. The van der Waals surface area contributed by atoms with Crippen LogP contribution in [0.4, 0.5) is 0 Å². The highest BCUT2D eigenvalue weighted by Crippen LogP contribution is 2.20. The SMILES string of the molecule is CC(C)(C)OC(=O)C[C@@H]1NC(=O)[C@@H](CC=O)NC(=O)[C@@H]2CCCN2C(=O)[C@@H](CC=O)NC(=O)[C@@H](CC=O)NC1=O. The van der Waals surface area contributed by atoms with Crippen molar-refractivity contribution in [2.45, 2.75) is 95.1 Å². The normalized spacial score (nSPS) is 26.6. The average molecular weight is 566 g/mol. The Morgan fingerprint density at radius 3 is 1.75 bits per heavy atom. The summed E-state index contributed by atoms with van der Waals surface area (Å²) in [6.45, 7) is 4.88. The Balaban J connectivity index is 2.51. The molecule has 0 unspecified atom stereocenters. The Morgan fingerprint density at radius 2 is 1.23 bits per heavy atom. The van der Waals surface area contributed by atoms with E-state index in [0.29, 0.717) is 25.3 Å². The molecule has 5 amide bonds. The quantitative estimate of drug-likeness (QED) is 0.178. The zero-order chi connectivity index (χ0) is 30.0. The van der Waals surface area contributed by atoms with Crippen molar-refractivity contribution in [1.29, 1.82) is 0 Å². The van der Waals surface area contributed by atoms with Gasteiger partial charge in [-0.2, -0.15) is 0 Å². The minimum Gasteiger partial charge on any atom is -0.460 e. The third kappa shape index (κ3) is 8.95. The summed E-state index contributed by atoms with van der Waals surface area (Å²) >= 11 is 0. The fourth-order valence-electron chi connectivity index (χ4n) is 4.32. The first-order chi connectivity index (χ1) is 18.8. The molecular weight excluding hydrogens is 530 g/mol. The number of esters is 1. The van der Waals surface area contributed by atoms with Gasteiger partial charge in [-0.1, -0.05) is 0 Å². The maximum atomic E-state index is 13.3. The number of carbonyl (C=O) groups is 9. The largest absolute Gasteiger partial charge is 0.460 e. The smallest absolute Gasteiger partial charge is 0.308 e. The van der Waals surface area contributed by atoms with E-state index >= 15 is 0 Å². The van der Waals surface area contributed by atoms with Crippen LogP contribution in [0.2, 0.25) is 0 Å². The molecule has 2 saturated heterocycles. The molecule has 220 valence electrons. The third-order valence-electron chi connectivity index (χ3n) is 6.14. The Hall–Kier alpha value is -4.17. The predicted octanol–water partition coefficient (Wildman–Crippen LogP) is -2.57. The van der Waals surface area contributed by atoms with Crippen LogP contribution in [0.5, 0.6) is 0 Å². The second-order valence-corrected chi connectivity index (χ2v) is 10.4. The summed E-state index contributed by atoms with van der Waals surface area (Å²) in [5.41, 5.74) is -0.932. The molecule has 2 rings (SSSR count). The van der Waals surface area contributed by atoms with E-state index in [-0.39, 0.29) is 13.0 Å². The lowest BCUT2D eigenvalue weighted by atomic mass is 10.1. The van der Waals surface area contributed by atoms with Crippen LogP contribution in [0.1, 0.15) is 59.3 Å². The van der Waals surface area contributed by atoms with Crippen molar-refractivity contribution in [1.82, 2.24) is 26.2 Å². The molecule has 0 aromatic carbocycles. The summed E-state index contributed by atoms with van der Waals surface area (Å²) in [6, 6.07) is -7.09. The van der Waals surface area contributed by atoms with Crippen molar-refractivity contribution in [3.63, 3.8) is 0 Å². The average Bonchev–Trinajstić information content (AvgIpc) is 3.35. The van der Waals surface area contributed by atoms with E-state index in [4.69, 9.17) is 4.74 Å². The van der Waals surface area contributed by atoms with Crippen molar-refractivity contribution >= 4 is 54.4 Å². The Bertz CT molecular complexity index is 1040. The van der Waals surface area contributed by atoms with E-state index in [2.05, 4.69) is 21.3 Å². The predicted molar refractivity (Wildman–Crippen MR) is 135 cm³/mol. The molecular formula is C25H35N5O10. The molecule has 2 heterocycles. The van der Waals surface area contributed by atoms with Gasteiger partial charge in [0.05, 0.1) is 6.42 Å². The second kappa shape index (κ2) is 14.3. The summed E-state index contributed by atoms with van der Waals surface area (Å²) in [5, 5.41) is 9.36. The van der Waals surface area contributed by atoms with Crippen molar-refractivity contribution in [2.75, 3.05) is 6.54 Å². The topological polar surface area (TPSA) is 214 Å². The molecule has 15 nitrogen and oxygen atoms in total. The van der Waals surface area contributed by atoms with Crippen molar-refractivity contribution < 1.29 is 47.9 Å². The molecule has 0 aromatic heterocycles. The molecule has 0 spiro atoms. The number of hydrogen-bond donors (Lipinski definition) is 4. The van der Waals surface area contributed by atoms with Gasteiger partial charge in [-0.05, 0) is 33.6 Å². The van der Waals surface area contributed by atoms with Gasteiger partial charge in [-0.3, -0.25) is 28.8 Å². The molecule has 15 heteroatoms. The zero-order valence-corrected chi connectivity index (χ0v) is 22.6. The lowest BCUT2D eigenvalue weighted by molar-refractivity contribution is -0.156. The third-order valence-corrected chi connectivity index (χ3v) is 6.14. The van der Waals surface area contributed by atoms with Gasteiger partial charge < -0.3 is 45.3 Å². The highest BCUT2D eigenvalue weighted by Gasteiger charge is 2.40. The summed E-state index contributed by atoms with van der Waals surface area (Å²) in [5.74, 6) is -5.39. The molecule has 0 radical (unpaired) electrons. The summed E-state index contributed by atoms with van der Waals surface area (Å²) in [4.78, 5) is 113. The fourth-order valence-corrected chi connectivity index (χ4v) is 4.32. The van der Waals surface area contributed by atoms with Gasteiger partial charge in [0.1, 0.15) is 54.7 Å². The molecule has 40 heavy (non-hydrogen) atoms. The number of nitrogens with zero attached hydrogens (tertiary/aromatic N) is 1. The molecule has 2 aliphatic heterocycles. The number of ether oxygens (including phenoxy) is 1. The second-order valence-electron chi connectivity index (χ2n) is 10.4. The van der Waals surface area contributed by atoms with Crippen molar-refractivity contribution in [2.24, 2.45) is 0 Å². The van der Waals surface area contributed by atoms with Crippen LogP contribution in [0.15, 0.2) is 0 Å². The van der Waals surface area contributed by atoms with Gasteiger partial charge in [0.25, 0.3) is 0 Å². The monoisotopic (exact) mass is 565 g/mol. The molecule has 4 N–H and O–H groups in total. The van der Waals surface area contributed by atoms with Crippen molar-refractivity contribution in [3.8, 4) is 0 Å². The van der Waals surface area contributed by atoms with E-state index in [1.165, 1.54) is 0 Å². The van der Waals surface area contributed by atoms with E-state index in [0.717, 1.165) is 4.90 Å². The standard InChI is InChI=1S/C25H35N5O10/c1-25(2,3)40-19(34)13-17-22(37)26-14(6-10-31)20(35)28-16(8-12-33)24(39)30-9-4-5-18(30)23(38)27-15(7-11-32)21(36)29-17/h10-12,14-18H,4-9,13H2,1-3H3,(H,26,37)(H,27,38)(H,28,35)(H,29,36)/t14-,15-,16-,17+,18+/m1/s1. The Labute approximate surface area is 230 Å². The molecule has 2 aliphatic rings. The van der Waals surface area contributed by atoms with Crippen LogP contribution in [-0.4, -0.2) is 102 Å². The van der Waals surface area contributed by atoms with Crippen LogP contribution in [0.25, 0.3) is 0 Å². The fraction of sp³-hybridized carbons (Fsp3) is 0.640. The lowest BCUT2D eigenvalue weighted by Crippen LogP contribution is -2.58. The summed E-state index contributed by atoms with van der Waals surface area (Å²) < 4.78 is 5.23.